The number of hydrogen-bond donors (Lipinski definition) is 2. The minimum absolute atomic E-state index is 0.153. The Kier molecular flexibility index (Phi) is 13.1. The summed E-state index contributed by atoms with van der Waals surface area (Å²) in [7, 11) is 0. The van der Waals surface area contributed by atoms with Crippen LogP contribution in [-0.4, -0.2) is 23.7 Å². The highest BCUT2D eigenvalue weighted by Gasteiger charge is 2.30. The summed E-state index contributed by atoms with van der Waals surface area (Å²) >= 11 is 5.59. The lowest BCUT2D eigenvalue weighted by Gasteiger charge is -2.12. The van der Waals surface area contributed by atoms with Gasteiger partial charge in [0, 0.05) is 138 Å². The van der Waals surface area contributed by atoms with E-state index in [9.17, 15) is 0 Å². The number of thiophene rings is 3. The van der Waals surface area contributed by atoms with E-state index in [1.807, 2.05) is 45.4 Å². The number of aromatic amines is 2. The van der Waals surface area contributed by atoms with Crippen LogP contribution in [-0.2, 0) is 6.42 Å². The molecule has 0 amide bonds. The molecule has 0 atom stereocenters. The highest BCUT2D eigenvalue weighted by Crippen LogP contribution is 2.55. The Morgan fingerprint density at radius 3 is 1.28 bits per heavy atom. The van der Waals surface area contributed by atoms with Gasteiger partial charge in [0.1, 0.15) is 0 Å². The Morgan fingerprint density at radius 1 is 0.252 bits per heavy atom. The van der Waals surface area contributed by atoms with Gasteiger partial charge in [0.25, 0.3) is 0 Å². The molecule has 30 rings (SSSR count). The fourth-order valence-electron chi connectivity index (χ4n) is 21.6. The Balaban J connectivity index is 0.0000000983. The first-order chi connectivity index (χ1) is 63.1. The molecule has 0 unspecified atom stereocenters. The van der Waals surface area contributed by atoms with Crippen LogP contribution in [0.3, 0.4) is 0 Å². The smallest absolute Gasteiger partial charge is 0.0653 e. The summed E-state index contributed by atoms with van der Waals surface area (Å²) in [6, 6.07) is 126. The Labute approximate surface area is 721 Å². The van der Waals surface area contributed by atoms with Crippen LogP contribution >= 0.6 is 34.0 Å². The normalized spacial score (nSPS) is 13.1. The molecule has 8 heteroatoms. The molecule has 0 radical (unpaired) electrons. The van der Waals surface area contributed by atoms with Crippen molar-refractivity contribution in [3.05, 3.63) is 393 Å². The molecule has 0 bridgehead atoms. The molecule has 123 heavy (non-hydrogen) atoms. The lowest BCUT2D eigenvalue weighted by atomic mass is 9.93. The summed E-state index contributed by atoms with van der Waals surface area (Å²) in [5, 5.41) is 34.5. The van der Waals surface area contributed by atoms with Crippen LogP contribution in [0.1, 0.15) is 18.0 Å². The third-order valence-corrected chi connectivity index (χ3v) is 30.1. The second kappa shape index (κ2) is 25.7. The maximum atomic E-state index is 9.12. The van der Waals surface area contributed by atoms with Crippen LogP contribution in [0.5, 0.6) is 0 Å². The molecule has 29 aromatic rings. The molecule has 8 heterocycles. The van der Waals surface area contributed by atoms with Gasteiger partial charge in [0.2, 0.25) is 0 Å². The number of rotatable bonds is 3. The van der Waals surface area contributed by atoms with Crippen molar-refractivity contribution < 1.29 is 6.85 Å². The highest BCUT2D eigenvalue weighted by molar-refractivity contribution is 7.28. The number of hydrogen-bond acceptors (Lipinski definition) is 3. The third-order valence-electron chi connectivity index (χ3n) is 26.6. The number of nitrogens with one attached hydrogen (secondary N) is 2. The number of para-hydroxylation sites is 6. The molecule has 570 valence electrons. The average Bonchev–Trinajstić information content (AvgIpc) is 1.34. The lowest BCUT2D eigenvalue weighted by molar-refractivity contribution is 1.18. The summed E-state index contributed by atoms with van der Waals surface area (Å²) in [6.45, 7) is 0. The van der Waals surface area contributed by atoms with Crippen LogP contribution in [0.25, 0.3) is 262 Å². The zero-order valence-corrected chi connectivity index (χ0v) is 68.2. The van der Waals surface area contributed by atoms with Crippen molar-refractivity contribution in [1.82, 2.24) is 23.7 Å². The maximum absolute atomic E-state index is 9.12. The molecule has 0 saturated carbocycles. The summed E-state index contributed by atoms with van der Waals surface area (Å²) in [6.07, 6.45) is 1.01. The van der Waals surface area contributed by atoms with Crippen LogP contribution in [0.15, 0.2) is 382 Å². The monoisotopic (exact) mass is 1620 g/mol. The number of nitrogens with zero attached hydrogens (tertiary/aromatic N) is 3. The van der Waals surface area contributed by atoms with Gasteiger partial charge in [-0.25, -0.2) is 0 Å². The summed E-state index contributed by atoms with van der Waals surface area (Å²) < 4.78 is 58.3. The van der Waals surface area contributed by atoms with E-state index in [1.165, 1.54) is 203 Å². The summed E-state index contributed by atoms with van der Waals surface area (Å²) in [5.41, 5.74) is 19.6. The quantitative estimate of drug-likeness (QED) is 0.166. The van der Waals surface area contributed by atoms with Gasteiger partial charge in [-0.3, -0.25) is 0 Å². The third kappa shape index (κ3) is 9.54. The fraction of sp³-hybridized carbons (Fsp3) is 0.00870. The molecule has 0 fully saturated rings. The van der Waals surface area contributed by atoms with Crippen molar-refractivity contribution in [3.8, 4) is 28.2 Å². The molecule has 1 aliphatic rings. The van der Waals surface area contributed by atoms with Crippen molar-refractivity contribution >= 4 is 268 Å². The number of benzene rings is 21. The zero-order chi connectivity index (χ0) is 84.3. The second-order valence-corrected chi connectivity index (χ2v) is 36.0. The molecule has 0 aliphatic heterocycles. The van der Waals surface area contributed by atoms with Gasteiger partial charge in [0.15, 0.2) is 0 Å². The van der Waals surface area contributed by atoms with Crippen LogP contribution < -0.4 is 0 Å². The molecule has 2 N–H and O–H groups in total. The predicted molar refractivity (Wildman–Crippen MR) is 533 cm³/mol. The standard InChI is InChI=1S/C42H24N2S.C38H22N2S.C35H21NS/c1-2-12-24(13-3-1)44-35-23-36-33(22-32(35)38-27-16-6-4-14-25(27)26-15-5-9-19-30(26)41(38)44)39-29-18-8-7-17-28(29)37-31-20-10-11-21-34(31)43-40(37)42(39)45-36;1-2-12-24(13-3-1)40-32-17-9-8-14-25(32)28-20-30-34(21-33(28)40)41-38-36(30)27-16-7-6-15-26(27)35-29-18-22-10-4-5-11-23(22)19-31(29)39-37(35)38;1-2-11-22(12-3-1)36-30-17-9-8-15-25(30)27-19-29-32(20-31(27)36)37-35-26-16-7-6-14-24(26)28-18-21-10-4-5-13-23(21)33(28)34(29)35/h1-23,43H;1-21,39H;1-17,19-20H,18H2/i1D,2D,3D,12D,13D;;. The molecule has 0 saturated heterocycles. The minimum atomic E-state index is -0.402. The molecular formula is C115H67N5S3. The molecule has 0 spiro atoms. The summed E-state index contributed by atoms with van der Waals surface area (Å²) in [5.74, 6) is 0. The topological polar surface area (TPSA) is 46.4 Å². The van der Waals surface area contributed by atoms with E-state index in [0.717, 1.165) is 70.9 Å². The fourth-order valence-corrected chi connectivity index (χ4v) is 25.3. The van der Waals surface area contributed by atoms with Crippen molar-refractivity contribution in [2.75, 3.05) is 0 Å². The maximum Gasteiger partial charge on any atom is 0.0653 e. The second-order valence-electron chi connectivity index (χ2n) is 32.9. The van der Waals surface area contributed by atoms with Crippen molar-refractivity contribution in [1.29, 1.82) is 0 Å². The predicted octanol–water partition coefficient (Wildman–Crippen LogP) is 33.2. The first kappa shape index (κ1) is 62.9. The number of fused-ring (bicyclic) bond motifs is 45. The average molecular weight is 1620 g/mol. The van der Waals surface area contributed by atoms with Crippen molar-refractivity contribution in [3.63, 3.8) is 0 Å². The first-order valence-corrected chi connectivity index (χ1v) is 44.4. The van der Waals surface area contributed by atoms with E-state index in [4.69, 9.17) is 6.85 Å². The minimum Gasteiger partial charge on any atom is -0.353 e. The van der Waals surface area contributed by atoms with Crippen LogP contribution in [0.2, 0.25) is 0 Å². The van der Waals surface area contributed by atoms with Gasteiger partial charge >= 0.3 is 0 Å². The van der Waals surface area contributed by atoms with Crippen molar-refractivity contribution in [2.24, 2.45) is 0 Å². The Morgan fingerprint density at radius 2 is 0.675 bits per heavy atom. The molecule has 21 aromatic carbocycles. The van der Waals surface area contributed by atoms with Crippen LogP contribution in [0.4, 0.5) is 0 Å². The number of H-pyrrole nitrogens is 2. The lowest BCUT2D eigenvalue weighted by Crippen LogP contribution is -1.94. The Bertz CT molecular complexity index is 10000. The van der Waals surface area contributed by atoms with E-state index in [0.29, 0.717) is 0 Å². The van der Waals surface area contributed by atoms with Gasteiger partial charge < -0.3 is 23.7 Å². The molecule has 8 aromatic heterocycles. The molecular weight excluding hydrogens is 1550 g/mol. The summed E-state index contributed by atoms with van der Waals surface area (Å²) in [4.78, 5) is 7.62. The van der Waals surface area contributed by atoms with E-state index in [2.05, 4.69) is 353 Å². The van der Waals surface area contributed by atoms with Crippen LogP contribution in [0, 0.1) is 0 Å². The van der Waals surface area contributed by atoms with Gasteiger partial charge in [-0.15, -0.1) is 34.0 Å². The van der Waals surface area contributed by atoms with E-state index in [-0.39, 0.29) is 29.9 Å². The molecule has 1 aliphatic carbocycles. The SMILES string of the molecule is [2H]c1c([2H])c([2H])c(-n2c3cc4sc5c6[nH]c7ccccc7c6c6ccccc6c5c4cc3c3c4ccccc4c4ccccc4c32)c([2H])c1[2H].c1ccc(-n2c3ccccc3c3cc4c(cc32)sc2c3[nH]c5cc6ccccc6cc5c3c3ccccc3c42)cc1.c1ccc(-n2c3ccccc3c3cc4c(cc32)sc2c3ccccc3c3c(c42)-c2ccccc2C3)cc1. The first-order valence-electron chi connectivity index (χ1n) is 44.4. The zero-order valence-electron chi connectivity index (χ0n) is 70.8. The van der Waals surface area contributed by atoms with Crippen molar-refractivity contribution in [2.45, 2.75) is 6.42 Å². The molecule has 5 nitrogen and oxygen atoms in total. The van der Waals surface area contributed by atoms with Gasteiger partial charge in [-0.2, -0.15) is 0 Å². The Hall–Kier alpha value is -15.2. The van der Waals surface area contributed by atoms with Gasteiger partial charge in [0.05, 0.1) is 60.4 Å². The van der Waals surface area contributed by atoms with Gasteiger partial charge in [-0.1, -0.05) is 279 Å². The largest absolute Gasteiger partial charge is 0.353 e. The highest BCUT2D eigenvalue weighted by atomic mass is 32.1. The van der Waals surface area contributed by atoms with E-state index >= 15 is 0 Å². The number of aromatic nitrogens is 5. The van der Waals surface area contributed by atoms with E-state index < -0.39 is 6.04 Å². The van der Waals surface area contributed by atoms with E-state index in [1.54, 1.807) is 11.3 Å². The van der Waals surface area contributed by atoms with Gasteiger partial charge in [-0.05, 0) is 191 Å².